The highest BCUT2D eigenvalue weighted by Gasteiger charge is 2.39. The number of nitrogens with zero attached hydrogens (tertiary/aromatic N) is 3. The molecule has 3 aliphatic heterocycles. The Bertz CT molecular complexity index is 1160. The third-order valence-corrected chi connectivity index (χ3v) is 8.36. The number of likely N-dealkylation sites (tertiary alicyclic amines) is 2. The van der Waals surface area contributed by atoms with Gasteiger partial charge in [-0.2, -0.15) is 0 Å². The average Bonchev–Trinajstić information content (AvgIpc) is 3.68. The fraction of sp³-hybridized carbons (Fsp3) is 0.533. The van der Waals surface area contributed by atoms with Gasteiger partial charge in [0.25, 0.3) is 0 Å². The summed E-state index contributed by atoms with van der Waals surface area (Å²) >= 11 is 0. The minimum absolute atomic E-state index is 0.0604. The second-order valence-electron chi connectivity index (χ2n) is 11.2. The van der Waals surface area contributed by atoms with Crippen molar-refractivity contribution in [2.45, 2.75) is 70.0 Å². The first-order valence-electron chi connectivity index (χ1n) is 14.0. The lowest BCUT2D eigenvalue weighted by Gasteiger charge is -2.36. The number of carbonyl (C=O) groups excluding carboxylic acids is 2. The van der Waals surface area contributed by atoms with E-state index in [-0.39, 0.29) is 24.0 Å². The van der Waals surface area contributed by atoms with Crippen LogP contribution in [0.1, 0.15) is 43.7 Å². The first-order chi connectivity index (χ1) is 18.5. The smallest absolute Gasteiger partial charge is 0.234 e. The second kappa shape index (κ2) is 11.0. The number of benzene rings is 2. The first kappa shape index (κ1) is 25.3. The van der Waals surface area contributed by atoms with E-state index in [0.29, 0.717) is 25.2 Å². The van der Waals surface area contributed by atoms with Crippen LogP contribution < -0.4 is 10.1 Å². The van der Waals surface area contributed by atoms with Gasteiger partial charge in [-0.25, -0.2) is 0 Å². The molecule has 4 aliphatic rings. The molecule has 2 aromatic carbocycles. The molecule has 3 heterocycles. The van der Waals surface area contributed by atoms with Gasteiger partial charge in [-0.05, 0) is 61.1 Å². The van der Waals surface area contributed by atoms with Crippen molar-refractivity contribution in [3.63, 3.8) is 0 Å². The number of carbonyl (C=O) groups is 2. The molecule has 1 N–H and O–H groups in total. The van der Waals surface area contributed by atoms with Crippen LogP contribution in [0.25, 0.3) is 0 Å². The van der Waals surface area contributed by atoms with E-state index in [1.807, 2.05) is 35.2 Å². The van der Waals surface area contributed by atoms with Crippen LogP contribution in [0.4, 0.5) is 0 Å². The number of piperidine rings is 1. The Hall–Kier alpha value is -2.94. The van der Waals surface area contributed by atoms with Crippen LogP contribution in [-0.4, -0.2) is 83.5 Å². The van der Waals surface area contributed by atoms with E-state index in [1.54, 1.807) is 6.92 Å². The Morgan fingerprint density at radius 2 is 1.55 bits per heavy atom. The van der Waals surface area contributed by atoms with Crippen LogP contribution in [0, 0.1) is 0 Å². The predicted octanol–water partition coefficient (Wildman–Crippen LogP) is 3.15. The van der Waals surface area contributed by atoms with E-state index in [9.17, 15) is 9.59 Å². The van der Waals surface area contributed by atoms with Crippen molar-refractivity contribution < 1.29 is 19.1 Å². The fourth-order valence-electron chi connectivity index (χ4n) is 6.13. The summed E-state index contributed by atoms with van der Waals surface area (Å²) in [4.78, 5) is 31.8. The van der Waals surface area contributed by atoms with E-state index >= 15 is 0 Å². The molecule has 8 heteroatoms. The summed E-state index contributed by atoms with van der Waals surface area (Å²) in [6.07, 6.45) is 4.10. The Morgan fingerprint density at radius 1 is 0.868 bits per heavy atom. The van der Waals surface area contributed by atoms with Gasteiger partial charge >= 0.3 is 0 Å². The Morgan fingerprint density at radius 3 is 2.26 bits per heavy atom. The van der Waals surface area contributed by atoms with E-state index in [0.717, 1.165) is 81.0 Å². The van der Waals surface area contributed by atoms with Crippen molar-refractivity contribution in [2.24, 2.45) is 0 Å². The van der Waals surface area contributed by atoms with Crippen molar-refractivity contribution in [3.8, 4) is 11.5 Å². The number of fused-ring (bicyclic) bond motifs is 5. The number of amides is 2. The molecule has 3 fully saturated rings. The van der Waals surface area contributed by atoms with Gasteiger partial charge in [0.2, 0.25) is 11.8 Å². The second-order valence-corrected chi connectivity index (χ2v) is 11.2. The molecule has 0 spiro atoms. The average molecular weight is 519 g/mol. The lowest BCUT2D eigenvalue weighted by atomic mass is 10.0. The number of hydrogen-bond acceptors (Lipinski definition) is 6. The zero-order valence-corrected chi connectivity index (χ0v) is 22.2. The molecule has 1 saturated carbocycles. The normalized spacial score (nSPS) is 25.9. The van der Waals surface area contributed by atoms with Gasteiger partial charge in [-0.15, -0.1) is 0 Å². The predicted molar refractivity (Wildman–Crippen MR) is 144 cm³/mol. The summed E-state index contributed by atoms with van der Waals surface area (Å²) < 4.78 is 12.7. The zero-order chi connectivity index (χ0) is 26.1. The van der Waals surface area contributed by atoms with Gasteiger partial charge in [-0.3, -0.25) is 19.4 Å². The molecule has 6 rings (SSSR count). The summed E-state index contributed by atoms with van der Waals surface area (Å²) in [7, 11) is 0. The summed E-state index contributed by atoms with van der Waals surface area (Å²) in [6, 6.07) is 17.0. The van der Waals surface area contributed by atoms with E-state index in [2.05, 4.69) is 33.3 Å². The molecule has 202 valence electrons. The van der Waals surface area contributed by atoms with Crippen LogP contribution >= 0.6 is 0 Å². The third kappa shape index (κ3) is 6.03. The fourth-order valence-corrected chi connectivity index (χ4v) is 6.13. The standard InChI is InChI=1S/C30H38N4O4/c1-21(35)32-12-10-25(11-13-32)34-17-28-29(18-34)37-20-23-5-3-7-27(15-23)38-26-6-2-4-22(14-26)16-33(24-8-9-24)19-30(36)31-28/h2-7,14-15,24-25,28-29H,8-13,16-20H2,1H3,(H,31,36)/t28-,29-/m0/s1. The molecule has 2 aromatic rings. The molecule has 2 atom stereocenters. The maximum absolute atomic E-state index is 13.3. The van der Waals surface area contributed by atoms with Gasteiger partial charge in [0.15, 0.2) is 0 Å². The van der Waals surface area contributed by atoms with Crippen molar-refractivity contribution in [2.75, 3.05) is 32.7 Å². The SMILES string of the molecule is CC(=O)N1CCC(N2C[C@@H]3NC(=O)CN(C4CC4)Cc4cccc(c4)Oc4cccc(c4)CO[C@H]3C2)CC1. The highest BCUT2D eigenvalue weighted by Crippen LogP contribution is 2.30. The summed E-state index contributed by atoms with van der Waals surface area (Å²) in [5, 5.41) is 3.35. The van der Waals surface area contributed by atoms with Crippen LogP contribution in [0.3, 0.4) is 0 Å². The summed E-state index contributed by atoms with van der Waals surface area (Å²) in [6.45, 7) is 6.35. The summed E-state index contributed by atoms with van der Waals surface area (Å²) in [5.74, 6) is 1.81. The van der Waals surface area contributed by atoms with E-state index in [4.69, 9.17) is 9.47 Å². The largest absolute Gasteiger partial charge is 0.457 e. The zero-order valence-electron chi connectivity index (χ0n) is 22.2. The molecule has 0 unspecified atom stereocenters. The Balaban J connectivity index is 1.22. The van der Waals surface area contributed by atoms with Crippen molar-refractivity contribution >= 4 is 11.8 Å². The highest BCUT2D eigenvalue weighted by molar-refractivity contribution is 5.78. The highest BCUT2D eigenvalue weighted by atomic mass is 16.5. The van der Waals surface area contributed by atoms with Gasteiger partial charge in [0.1, 0.15) is 11.5 Å². The molecular formula is C30H38N4O4. The molecule has 0 radical (unpaired) electrons. The maximum atomic E-state index is 13.3. The topological polar surface area (TPSA) is 74.4 Å². The molecule has 38 heavy (non-hydrogen) atoms. The van der Waals surface area contributed by atoms with Crippen molar-refractivity contribution in [1.29, 1.82) is 0 Å². The minimum atomic E-state index is -0.0932. The van der Waals surface area contributed by atoms with Crippen molar-refractivity contribution in [3.05, 3.63) is 59.7 Å². The van der Waals surface area contributed by atoms with Gasteiger partial charge in [0, 0.05) is 51.7 Å². The quantitative estimate of drug-likeness (QED) is 0.659. The Labute approximate surface area is 224 Å². The molecule has 2 saturated heterocycles. The lowest BCUT2D eigenvalue weighted by molar-refractivity contribution is -0.130. The van der Waals surface area contributed by atoms with Crippen LogP contribution in [0.5, 0.6) is 11.5 Å². The molecule has 4 bridgehead atoms. The van der Waals surface area contributed by atoms with Crippen LogP contribution in [-0.2, 0) is 27.5 Å². The van der Waals surface area contributed by atoms with Crippen LogP contribution in [0.15, 0.2) is 48.5 Å². The van der Waals surface area contributed by atoms with Crippen LogP contribution in [0.2, 0.25) is 0 Å². The molecule has 0 aromatic heterocycles. The third-order valence-electron chi connectivity index (χ3n) is 8.36. The maximum Gasteiger partial charge on any atom is 0.234 e. The molecule has 2 amide bonds. The Kier molecular flexibility index (Phi) is 7.37. The molecule has 1 aliphatic carbocycles. The summed E-state index contributed by atoms with van der Waals surface area (Å²) in [5.41, 5.74) is 2.19. The minimum Gasteiger partial charge on any atom is -0.457 e. The lowest BCUT2D eigenvalue weighted by Crippen LogP contribution is -2.48. The first-order valence-corrected chi connectivity index (χ1v) is 14.0. The van der Waals surface area contributed by atoms with Crippen molar-refractivity contribution in [1.82, 2.24) is 20.0 Å². The monoisotopic (exact) mass is 518 g/mol. The van der Waals surface area contributed by atoms with Gasteiger partial charge in [-0.1, -0.05) is 24.3 Å². The number of ether oxygens (including phenoxy) is 2. The number of hydrogen-bond donors (Lipinski definition) is 1. The van der Waals surface area contributed by atoms with E-state index < -0.39 is 0 Å². The van der Waals surface area contributed by atoms with Gasteiger partial charge < -0.3 is 19.7 Å². The van der Waals surface area contributed by atoms with E-state index in [1.165, 1.54) is 0 Å². The number of nitrogens with one attached hydrogen (secondary N) is 1. The molecular weight excluding hydrogens is 480 g/mol. The number of rotatable bonds is 2. The van der Waals surface area contributed by atoms with Gasteiger partial charge in [0.05, 0.1) is 25.3 Å². The molecule has 8 nitrogen and oxygen atoms in total.